The molecule has 15 heavy (non-hydrogen) atoms. The van der Waals surface area contributed by atoms with Crippen LogP contribution in [0, 0.1) is 5.92 Å². The summed E-state index contributed by atoms with van der Waals surface area (Å²) in [6.07, 6.45) is 2.66. The number of unbranched alkanes of at least 4 members (excludes halogenated alkanes) is 1. The van der Waals surface area contributed by atoms with Crippen LogP contribution in [0.15, 0.2) is 0 Å². The number of nitrogens with zero attached hydrogens (tertiary/aromatic N) is 1. The van der Waals surface area contributed by atoms with Gasteiger partial charge < -0.3 is 15.1 Å². The minimum atomic E-state index is -0.711. The predicted octanol–water partition coefficient (Wildman–Crippen LogP) is 0.944. The van der Waals surface area contributed by atoms with Gasteiger partial charge in [0.1, 0.15) is 0 Å². The van der Waals surface area contributed by atoms with E-state index in [2.05, 4.69) is 11.8 Å². The Morgan fingerprint density at radius 1 is 1.47 bits per heavy atom. The summed E-state index contributed by atoms with van der Waals surface area (Å²) >= 11 is 0. The van der Waals surface area contributed by atoms with Crippen LogP contribution in [0.1, 0.15) is 32.6 Å². The highest BCUT2D eigenvalue weighted by atomic mass is 16.4. The fourth-order valence-corrected chi connectivity index (χ4v) is 2.03. The van der Waals surface area contributed by atoms with E-state index in [-0.39, 0.29) is 12.5 Å². The lowest BCUT2D eigenvalue weighted by molar-refractivity contribution is -0.137. The predicted molar refractivity (Wildman–Crippen MR) is 57.7 cm³/mol. The highest BCUT2D eigenvalue weighted by molar-refractivity contribution is 5.66. The molecule has 0 aromatic heterocycles. The number of carboxylic acids is 1. The van der Waals surface area contributed by atoms with Gasteiger partial charge in [0.05, 0.1) is 6.10 Å². The van der Waals surface area contributed by atoms with Gasteiger partial charge in [-0.05, 0) is 31.7 Å². The molecule has 0 aromatic rings. The molecule has 2 N–H and O–H groups in total. The van der Waals surface area contributed by atoms with Crippen molar-refractivity contribution in [2.24, 2.45) is 5.92 Å². The molecule has 1 heterocycles. The third-order valence-electron chi connectivity index (χ3n) is 3.06. The van der Waals surface area contributed by atoms with E-state index in [1.54, 1.807) is 0 Å². The zero-order chi connectivity index (χ0) is 11.3. The number of rotatable bonds is 5. The van der Waals surface area contributed by atoms with Crippen LogP contribution < -0.4 is 0 Å². The zero-order valence-electron chi connectivity index (χ0n) is 9.35. The topological polar surface area (TPSA) is 60.8 Å². The van der Waals surface area contributed by atoms with Crippen molar-refractivity contribution in [2.75, 3.05) is 19.6 Å². The van der Waals surface area contributed by atoms with Crippen LogP contribution in [0.5, 0.6) is 0 Å². The number of carbonyl (C=O) groups is 1. The van der Waals surface area contributed by atoms with Gasteiger partial charge in [0, 0.05) is 19.5 Å². The summed E-state index contributed by atoms with van der Waals surface area (Å²) in [5.41, 5.74) is 0. The molecule has 0 spiro atoms. The average molecular weight is 215 g/mol. The standard InChI is InChI=1S/C11H21NO3/c1-9-8-12(7-5-10(9)13)6-3-2-4-11(14)15/h9-10,13H,2-8H2,1H3,(H,14,15). The SMILES string of the molecule is CC1CN(CCCCC(=O)O)CCC1O. The van der Waals surface area contributed by atoms with Gasteiger partial charge in [0.15, 0.2) is 0 Å². The lowest BCUT2D eigenvalue weighted by Gasteiger charge is -2.34. The fraction of sp³-hybridized carbons (Fsp3) is 0.909. The number of hydrogen-bond acceptors (Lipinski definition) is 3. The third kappa shape index (κ3) is 4.62. The second kappa shape index (κ2) is 6.08. The normalized spacial score (nSPS) is 27.9. The van der Waals surface area contributed by atoms with Gasteiger partial charge in [-0.15, -0.1) is 0 Å². The van der Waals surface area contributed by atoms with E-state index in [9.17, 15) is 9.90 Å². The van der Waals surface area contributed by atoms with E-state index in [1.165, 1.54) is 0 Å². The molecule has 0 radical (unpaired) electrons. The molecule has 4 nitrogen and oxygen atoms in total. The van der Waals surface area contributed by atoms with Crippen LogP contribution in [-0.2, 0) is 4.79 Å². The van der Waals surface area contributed by atoms with Crippen LogP contribution in [0.25, 0.3) is 0 Å². The van der Waals surface area contributed by atoms with Crippen molar-refractivity contribution < 1.29 is 15.0 Å². The molecule has 4 heteroatoms. The van der Waals surface area contributed by atoms with E-state index < -0.39 is 5.97 Å². The monoisotopic (exact) mass is 215 g/mol. The quantitative estimate of drug-likeness (QED) is 0.670. The van der Waals surface area contributed by atoms with Gasteiger partial charge in [-0.3, -0.25) is 4.79 Å². The highest BCUT2D eigenvalue weighted by Gasteiger charge is 2.23. The lowest BCUT2D eigenvalue weighted by Crippen LogP contribution is -2.42. The Kier molecular flexibility index (Phi) is 5.05. The van der Waals surface area contributed by atoms with Crippen LogP contribution in [0.4, 0.5) is 0 Å². The van der Waals surface area contributed by atoms with Crippen LogP contribution in [0.3, 0.4) is 0 Å². The third-order valence-corrected chi connectivity index (χ3v) is 3.06. The number of aliphatic hydroxyl groups is 1. The van der Waals surface area contributed by atoms with Gasteiger partial charge in [-0.25, -0.2) is 0 Å². The largest absolute Gasteiger partial charge is 0.481 e. The number of likely N-dealkylation sites (tertiary alicyclic amines) is 1. The Balaban J connectivity index is 2.09. The minimum absolute atomic E-state index is 0.153. The second-order valence-electron chi connectivity index (χ2n) is 4.48. The molecule has 0 amide bonds. The van der Waals surface area contributed by atoms with Crippen molar-refractivity contribution in [3.63, 3.8) is 0 Å². The Bertz CT molecular complexity index is 208. The Morgan fingerprint density at radius 2 is 2.20 bits per heavy atom. The fourth-order valence-electron chi connectivity index (χ4n) is 2.03. The summed E-state index contributed by atoms with van der Waals surface area (Å²) in [5, 5.41) is 18.0. The number of hydrogen-bond donors (Lipinski definition) is 2. The van der Waals surface area contributed by atoms with Gasteiger partial charge in [-0.1, -0.05) is 6.92 Å². The van der Waals surface area contributed by atoms with Gasteiger partial charge in [0.25, 0.3) is 0 Å². The molecule has 1 rings (SSSR count). The van der Waals surface area contributed by atoms with Gasteiger partial charge in [0.2, 0.25) is 0 Å². The number of piperidine rings is 1. The maximum atomic E-state index is 10.3. The van der Waals surface area contributed by atoms with Crippen molar-refractivity contribution >= 4 is 5.97 Å². The number of aliphatic hydroxyl groups excluding tert-OH is 1. The Labute approximate surface area is 90.9 Å². The molecular weight excluding hydrogens is 194 g/mol. The molecule has 2 unspecified atom stereocenters. The lowest BCUT2D eigenvalue weighted by atomic mass is 9.96. The maximum absolute atomic E-state index is 10.3. The molecule has 2 atom stereocenters. The number of aliphatic carboxylic acids is 1. The zero-order valence-corrected chi connectivity index (χ0v) is 9.35. The molecule has 1 aliphatic heterocycles. The van der Waals surface area contributed by atoms with Crippen molar-refractivity contribution in [1.82, 2.24) is 4.90 Å². The minimum Gasteiger partial charge on any atom is -0.481 e. The molecule has 88 valence electrons. The first kappa shape index (κ1) is 12.5. The van der Waals surface area contributed by atoms with E-state index in [4.69, 9.17) is 5.11 Å². The maximum Gasteiger partial charge on any atom is 0.303 e. The molecule has 1 saturated heterocycles. The van der Waals surface area contributed by atoms with Crippen molar-refractivity contribution in [1.29, 1.82) is 0 Å². The molecule has 0 aliphatic carbocycles. The van der Waals surface area contributed by atoms with E-state index in [0.29, 0.717) is 5.92 Å². The van der Waals surface area contributed by atoms with E-state index in [0.717, 1.165) is 38.9 Å². The Morgan fingerprint density at radius 3 is 2.80 bits per heavy atom. The molecule has 1 aliphatic rings. The highest BCUT2D eigenvalue weighted by Crippen LogP contribution is 2.16. The Hall–Kier alpha value is -0.610. The first-order valence-corrected chi connectivity index (χ1v) is 5.72. The van der Waals surface area contributed by atoms with Crippen molar-refractivity contribution in [3.05, 3.63) is 0 Å². The smallest absolute Gasteiger partial charge is 0.303 e. The molecule has 0 aromatic carbocycles. The second-order valence-corrected chi connectivity index (χ2v) is 4.48. The summed E-state index contributed by atoms with van der Waals surface area (Å²) < 4.78 is 0. The molecule has 0 bridgehead atoms. The van der Waals surface area contributed by atoms with Gasteiger partial charge in [-0.2, -0.15) is 0 Å². The summed E-state index contributed by atoms with van der Waals surface area (Å²) in [4.78, 5) is 12.6. The average Bonchev–Trinajstić information content (AvgIpc) is 2.18. The molecule has 1 fully saturated rings. The van der Waals surface area contributed by atoms with Crippen LogP contribution in [0.2, 0.25) is 0 Å². The summed E-state index contributed by atoms with van der Waals surface area (Å²) in [6.45, 7) is 4.91. The first-order valence-electron chi connectivity index (χ1n) is 5.72. The number of carboxylic acid groups (broad SMARTS) is 1. The molecular formula is C11H21NO3. The van der Waals surface area contributed by atoms with E-state index in [1.807, 2.05) is 0 Å². The summed E-state index contributed by atoms with van der Waals surface area (Å²) in [6, 6.07) is 0. The van der Waals surface area contributed by atoms with Crippen LogP contribution >= 0.6 is 0 Å². The summed E-state index contributed by atoms with van der Waals surface area (Å²) in [7, 11) is 0. The van der Waals surface area contributed by atoms with Crippen molar-refractivity contribution in [3.8, 4) is 0 Å². The van der Waals surface area contributed by atoms with E-state index >= 15 is 0 Å². The summed E-state index contributed by atoms with van der Waals surface area (Å²) in [5.74, 6) is -0.365. The first-order chi connectivity index (χ1) is 7.09. The van der Waals surface area contributed by atoms with Crippen molar-refractivity contribution in [2.45, 2.75) is 38.7 Å². The molecule has 0 saturated carbocycles. The van der Waals surface area contributed by atoms with Gasteiger partial charge >= 0.3 is 5.97 Å². The van der Waals surface area contributed by atoms with Crippen LogP contribution in [-0.4, -0.2) is 46.8 Å².